The van der Waals surface area contributed by atoms with Crippen LogP contribution in [0.5, 0.6) is 11.5 Å². The van der Waals surface area contributed by atoms with Crippen LogP contribution in [0.15, 0.2) is 42.5 Å². The lowest BCUT2D eigenvalue weighted by molar-refractivity contribution is -0.123. The lowest BCUT2D eigenvalue weighted by Crippen LogP contribution is -2.45. The van der Waals surface area contributed by atoms with Crippen molar-refractivity contribution < 1.29 is 15.0 Å². The van der Waals surface area contributed by atoms with Crippen LogP contribution in [0.1, 0.15) is 42.4 Å². The van der Waals surface area contributed by atoms with E-state index < -0.39 is 0 Å². The third-order valence-corrected chi connectivity index (χ3v) is 5.95. The van der Waals surface area contributed by atoms with Gasteiger partial charge in [-0.2, -0.15) is 0 Å². The molecule has 2 aliphatic carbocycles. The number of fused-ring (bicyclic) bond motifs is 3. The van der Waals surface area contributed by atoms with Gasteiger partial charge in [-0.3, -0.25) is 4.79 Å². The molecule has 0 aromatic heterocycles. The molecule has 1 saturated carbocycles. The number of carbonyl (C=O) groups is 1. The number of hydrogen-bond donors (Lipinski definition) is 2. The molecule has 0 amide bonds. The minimum atomic E-state index is -0.0355. The molecule has 0 unspecified atom stereocenters. The summed E-state index contributed by atoms with van der Waals surface area (Å²) >= 11 is 0. The molecule has 24 heavy (non-hydrogen) atoms. The van der Waals surface area contributed by atoms with E-state index >= 15 is 0 Å². The summed E-state index contributed by atoms with van der Waals surface area (Å²) in [5.41, 5.74) is 3.68. The van der Waals surface area contributed by atoms with Crippen LogP contribution in [-0.4, -0.2) is 16.0 Å². The van der Waals surface area contributed by atoms with E-state index in [1.54, 1.807) is 18.2 Å². The van der Waals surface area contributed by atoms with Gasteiger partial charge in [-0.15, -0.1) is 0 Å². The Morgan fingerprint density at radius 1 is 1.00 bits per heavy atom. The fourth-order valence-electron chi connectivity index (χ4n) is 4.78. The van der Waals surface area contributed by atoms with Crippen molar-refractivity contribution in [2.45, 2.75) is 43.9 Å². The number of phenolic OH excluding ortho intramolecular Hbond substituents is 2. The Labute approximate surface area is 142 Å². The van der Waals surface area contributed by atoms with Crippen LogP contribution in [0, 0.1) is 5.92 Å². The van der Waals surface area contributed by atoms with E-state index in [4.69, 9.17) is 0 Å². The second-order valence-corrected chi connectivity index (χ2v) is 7.32. The van der Waals surface area contributed by atoms with Crippen LogP contribution in [0.25, 0.3) is 0 Å². The number of aromatic hydroxyl groups is 2. The maximum Gasteiger partial charge on any atom is 0.133 e. The molecule has 0 heterocycles. The van der Waals surface area contributed by atoms with Crippen molar-refractivity contribution in [3.05, 3.63) is 59.2 Å². The highest BCUT2D eigenvalue weighted by molar-refractivity contribution is 5.80. The third kappa shape index (κ3) is 2.48. The first-order valence-corrected chi connectivity index (χ1v) is 8.69. The normalized spacial score (nSPS) is 25.8. The molecule has 0 spiro atoms. The second-order valence-electron chi connectivity index (χ2n) is 7.32. The number of Topliss-reactive ketones (excluding diaryl/α,β-unsaturated/α-hetero) is 1. The summed E-state index contributed by atoms with van der Waals surface area (Å²) in [7, 11) is 0. The zero-order valence-electron chi connectivity index (χ0n) is 13.7. The van der Waals surface area contributed by atoms with Crippen molar-refractivity contribution in [1.29, 1.82) is 0 Å². The van der Waals surface area contributed by atoms with Crippen molar-refractivity contribution in [3.63, 3.8) is 0 Å². The monoisotopic (exact) mass is 322 g/mol. The maximum absolute atomic E-state index is 12.1. The second kappa shape index (κ2) is 5.66. The fourth-order valence-corrected chi connectivity index (χ4v) is 4.78. The van der Waals surface area contributed by atoms with Crippen molar-refractivity contribution in [1.82, 2.24) is 0 Å². The highest BCUT2D eigenvalue weighted by atomic mass is 16.3. The summed E-state index contributed by atoms with van der Waals surface area (Å²) < 4.78 is 0. The summed E-state index contributed by atoms with van der Waals surface area (Å²) in [5.74, 6) is 1.34. The summed E-state index contributed by atoms with van der Waals surface area (Å²) in [4.78, 5) is 12.1. The van der Waals surface area contributed by atoms with Gasteiger partial charge in [0.15, 0.2) is 0 Å². The number of carbonyl (C=O) groups excluding carboxylic acids is 1. The van der Waals surface area contributed by atoms with Crippen LogP contribution in [-0.2, 0) is 23.1 Å². The minimum Gasteiger partial charge on any atom is -0.508 e. The summed E-state index contributed by atoms with van der Waals surface area (Å²) in [6, 6.07) is 13.1. The molecule has 4 rings (SSSR count). The lowest BCUT2D eigenvalue weighted by Gasteiger charge is -2.48. The predicted molar refractivity (Wildman–Crippen MR) is 92.3 cm³/mol. The number of hydrogen-bond acceptors (Lipinski definition) is 3. The number of ketones is 1. The van der Waals surface area contributed by atoms with Gasteiger partial charge in [-0.05, 0) is 72.6 Å². The van der Waals surface area contributed by atoms with Crippen molar-refractivity contribution >= 4 is 5.78 Å². The van der Waals surface area contributed by atoms with Crippen LogP contribution in [0.2, 0.25) is 0 Å². The zero-order chi connectivity index (χ0) is 16.7. The Morgan fingerprint density at radius 2 is 1.75 bits per heavy atom. The van der Waals surface area contributed by atoms with Gasteiger partial charge in [0.05, 0.1) is 0 Å². The standard InChI is InChI=1S/C21H22O3/c22-17-5-1-14(2-6-17)13-21-10-9-19(24)12-16(21)4-3-15-11-18(23)7-8-20(15)21/h1-2,5-8,11,16,22-23H,3-4,9-10,12-13H2/t16-,21+/m1/s1. The highest BCUT2D eigenvalue weighted by Crippen LogP contribution is 2.51. The van der Waals surface area contributed by atoms with Crippen LogP contribution < -0.4 is 0 Å². The van der Waals surface area contributed by atoms with E-state index in [0.717, 1.165) is 25.7 Å². The largest absolute Gasteiger partial charge is 0.508 e. The number of rotatable bonds is 2. The van der Waals surface area contributed by atoms with Crippen molar-refractivity contribution in [2.75, 3.05) is 0 Å². The van der Waals surface area contributed by atoms with Crippen LogP contribution in [0.3, 0.4) is 0 Å². The highest BCUT2D eigenvalue weighted by Gasteiger charge is 2.47. The Balaban J connectivity index is 1.80. The Bertz CT molecular complexity index is 778. The van der Waals surface area contributed by atoms with Gasteiger partial charge in [0.2, 0.25) is 0 Å². The Kier molecular flexibility index (Phi) is 3.60. The van der Waals surface area contributed by atoms with Gasteiger partial charge in [0.25, 0.3) is 0 Å². The lowest BCUT2D eigenvalue weighted by atomic mass is 9.55. The number of phenols is 2. The average Bonchev–Trinajstić information content (AvgIpc) is 2.57. The summed E-state index contributed by atoms with van der Waals surface area (Å²) in [6.07, 6.45) is 4.98. The van der Waals surface area contributed by atoms with Gasteiger partial charge in [0, 0.05) is 18.3 Å². The molecule has 3 nitrogen and oxygen atoms in total. The topological polar surface area (TPSA) is 57.5 Å². The Morgan fingerprint density at radius 3 is 2.54 bits per heavy atom. The molecule has 2 N–H and O–H groups in total. The molecule has 0 aliphatic heterocycles. The zero-order valence-corrected chi connectivity index (χ0v) is 13.7. The van der Waals surface area contributed by atoms with E-state index in [9.17, 15) is 15.0 Å². The van der Waals surface area contributed by atoms with Gasteiger partial charge in [-0.1, -0.05) is 18.2 Å². The average molecular weight is 322 g/mol. The molecule has 124 valence electrons. The molecule has 0 saturated heterocycles. The van der Waals surface area contributed by atoms with Crippen LogP contribution in [0.4, 0.5) is 0 Å². The smallest absolute Gasteiger partial charge is 0.133 e. The quantitative estimate of drug-likeness (QED) is 0.882. The predicted octanol–water partition coefficient (Wildman–Crippen LogP) is 3.89. The van der Waals surface area contributed by atoms with E-state index in [-0.39, 0.29) is 11.2 Å². The van der Waals surface area contributed by atoms with Crippen molar-refractivity contribution in [3.8, 4) is 11.5 Å². The molecule has 2 aromatic carbocycles. The number of benzene rings is 2. The van der Waals surface area contributed by atoms with Crippen molar-refractivity contribution in [2.24, 2.45) is 5.92 Å². The summed E-state index contributed by atoms with van der Waals surface area (Å²) in [5, 5.41) is 19.4. The van der Waals surface area contributed by atoms with Gasteiger partial charge < -0.3 is 10.2 Å². The molecule has 0 radical (unpaired) electrons. The first kappa shape index (κ1) is 15.3. The molecular formula is C21H22O3. The van der Waals surface area contributed by atoms with Gasteiger partial charge >= 0.3 is 0 Å². The SMILES string of the molecule is O=C1CC[C@@]2(Cc3ccc(O)cc3)c3ccc(O)cc3CC[C@@H]2C1. The fraction of sp³-hybridized carbons (Fsp3) is 0.381. The first-order valence-electron chi connectivity index (χ1n) is 8.69. The Hall–Kier alpha value is -2.29. The molecule has 2 atom stereocenters. The molecule has 2 aliphatic rings. The molecular weight excluding hydrogens is 300 g/mol. The molecule has 0 bridgehead atoms. The van der Waals surface area contributed by atoms with E-state index in [1.807, 2.05) is 18.2 Å². The summed E-state index contributed by atoms with van der Waals surface area (Å²) in [6.45, 7) is 0. The van der Waals surface area contributed by atoms with E-state index in [1.165, 1.54) is 16.7 Å². The molecule has 1 fully saturated rings. The molecule has 3 heteroatoms. The third-order valence-electron chi connectivity index (χ3n) is 5.95. The van der Waals surface area contributed by atoms with Gasteiger partial charge in [0.1, 0.15) is 17.3 Å². The first-order chi connectivity index (χ1) is 11.6. The van der Waals surface area contributed by atoms with Crippen LogP contribution >= 0.6 is 0 Å². The molecule has 2 aromatic rings. The maximum atomic E-state index is 12.1. The van der Waals surface area contributed by atoms with E-state index in [2.05, 4.69) is 6.07 Å². The van der Waals surface area contributed by atoms with E-state index in [0.29, 0.717) is 30.3 Å². The number of aryl methyl sites for hydroxylation is 1. The van der Waals surface area contributed by atoms with Gasteiger partial charge in [-0.25, -0.2) is 0 Å². The minimum absolute atomic E-state index is 0.0355.